The number of nitrogens with one attached hydrogen (secondary N) is 1. The van der Waals surface area contributed by atoms with E-state index >= 15 is 0 Å². The first-order chi connectivity index (χ1) is 6.31. The minimum atomic E-state index is 0.610. The molecule has 2 rings (SSSR count). The van der Waals surface area contributed by atoms with Crippen molar-refractivity contribution in [1.82, 2.24) is 15.1 Å². The van der Waals surface area contributed by atoms with E-state index in [0.717, 1.165) is 16.9 Å². The molecule has 13 heavy (non-hydrogen) atoms. The Bertz CT molecular complexity index is 284. The van der Waals surface area contributed by atoms with Gasteiger partial charge in [-0.1, -0.05) is 0 Å². The van der Waals surface area contributed by atoms with Gasteiger partial charge in [-0.05, 0) is 48.3 Å². The van der Waals surface area contributed by atoms with E-state index in [4.69, 9.17) is 0 Å². The summed E-state index contributed by atoms with van der Waals surface area (Å²) in [5.74, 6) is 0.761. The van der Waals surface area contributed by atoms with Gasteiger partial charge in [0, 0.05) is 6.20 Å². The van der Waals surface area contributed by atoms with Gasteiger partial charge in [-0.15, -0.1) is 0 Å². The number of rotatable bonds is 3. The predicted octanol–water partition coefficient (Wildman–Crippen LogP) is 1.82. The van der Waals surface area contributed by atoms with Crippen LogP contribution in [0.2, 0.25) is 0 Å². The van der Waals surface area contributed by atoms with Crippen molar-refractivity contribution in [3.05, 3.63) is 16.9 Å². The summed E-state index contributed by atoms with van der Waals surface area (Å²) >= 11 is 3.41. The van der Waals surface area contributed by atoms with Crippen LogP contribution < -0.4 is 5.32 Å². The maximum absolute atomic E-state index is 4.31. The summed E-state index contributed by atoms with van der Waals surface area (Å²) in [6.45, 7) is 1.10. The van der Waals surface area contributed by atoms with Crippen LogP contribution in [0.4, 0.5) is 0 Å². The van der Waals surface area contributed by atoms with Crippen LogP contribution >= 0.6 is 15.9 Å². The number of halogens is 1. The lowest BCUT2D eigenvalue weighted by atomic mass is 9.79. The normalized spacial score (nSPS) is 27.2. The molecule has 0 amide bonds. The maximum Gasteiger partial charge on any atom is 0.0632 e. The van der Waals surface area contributed by atoms with Crippen LogP contribution in [0.5, 0.6) is 0 Å². The molecule has 0 aromatic carbocycles. The highest BCUT2D eigenvalue weighted by atomic mass is 79.9. The monoisotopic (exact) mass is 243 g/mol. The second kappa shape index (κ2) is 3.80. The van der Waals surface area contributed by atoms with Gasteiger partial charge in [-0.25, -0.2) is 0 Å². The Morgan fingerprint density at radius 3 is 3.00 bits per heavy atom. The topological polar surface area (TPSA) is 29.9 Å². The first-order valence-electron chi connectivity index (χ1n) is 4.65. The number of hydrogen-bond acceptors (Lipinski definition) is 2. The van der Waals surface area contributed by atoms with E-state index < -0.39 is 0 Å². The summed E-state index contributed by atoms with van der Waals surface area (Å²) in [7, 11) is 2.01. The van der Waals surface area contributed by atoms with Crippen LogP contribution in [0, 0.1) is 5.92 Å². The van der Waals surface area contributed by atoms with E-state index in [1.807, 2.05) is 13.2 Å². The first-order valence-corrected chi connectivity index (χ1v) is 5.45. The summed E-state index contributed by atoms with van der Waals surface area (Å²) in [5, 5.41) is 7.54. The van der Waals surface area contributed by atoms with Crippen molar-refractivity contribution < 1.29 is 0 Å². The fraction of sp³-hybridized carbons (Fsp3) is 0.667. The average Bonchev–Trinajstić information content (AvgIpc) is 2.45. The zero-order valence-electron chi connectivity index (χ0n) is 7.70. The largest absolute Gasteiger partial charge is 0.319 e. The Hall–Kier alpha value is -0.350. The Kier molecular flexibility index (Phi) is 2.69. The fourth-order valence-electron chi connectivity index (χ4n) is 1.90. The molecular formula is C9H14BrN3. The minimum absolute atomic E-state index is 0.610. The Morgan fingerprint density at radius 2 is 2.54 bits per heavy atom. The SMILES string of the molecule is CNCC1CCC1n1cc(Br)cn1. The van der Waals surface area contributed by atoms with Gasteiger partial charge in [0.25, 0.3) is 0 Å². The van der Waals surface area contributed by atoms with Gasteiger partial charge in [-0.3, -0.25) is 4.68 Å². The van der Waals surface area contributed by atoms with Gasteiger partial charge >= 0.3 is 0 Å². The van der Waals surface area contributed by atoms with E-state index in [9.17, 15) is 0 Å². The lowest BCUT2D eigenvalue weighted by Gasteiger charge is -2.36. The van der Waals surface area contributed by atoms with E-state index in [1.165, 1.54) is 12.8 Å². The molecule has 4 heteroatoms. The van der Waals surface area contributed by atoms with Gasteiger partial charge in [0.2, 0.25) is 0 Å². The summed E-state index contributed by atoms with van der Waals surface area (Å²) in [6, 6.07) is 0.610. The molecular weight excluding hydrogens is 230 g/mol. The summed E-state index contributed by atoms with van der Waals surface area (Å²) in [4.78, 5) is 0. The minimum Gasteiger partial charge on any atom is -0.319 e. The van der Waals surface area contributed by atoms with Crippen LogP contribution in [0.3, 0.4) is 0 Å². The quantitative estimate of drug-likeness (QED) is 0.878. The predicted molar refractivity (Wildman–Crippen MR) is 55.6 cm³/mol. The van der Waals surface area contributed by atoms with Crippen LogP contribution in [-0.2, 0) is 0 Å². The third-order valence-electron chi connectivity index (χ3n) is 2.75. The molecule has 1 heterocycles. The third kappa shape index (κ3) is 1.79. The molecule has 0 aliphatic heterocycles. The number of aromatic nitrogens is 2. The summed E-state index contributed by atoms with van der Waals surface area (Å²) in [6.07, 6.45) is 6.50. The van der Waals surface area contributed by atoms with Crippen LogP contribution in [0.25, 0.3) is 0 Å². The molecule has 2 unspecified atom stereocenters. The van der Waals surface area contributed by atoms with Crippen molar-refractivity contribution in [3.8, 4) is 0 Å². The standard InChI is InChI=1S/C9H14BrN3/c1-11-4-7-2-3-9(7)13-6-8(10)5-12-13/h5-7,9,11H,2-4H2,1H3. The molecule has 0 radical (unpaired) electrons. The van der Waals surface area contributed by atoms with Crippen molar-refractivity contribution in [2.24, 2.45) is 5.92 Å². The van der Waals surface area contributed by atoms with Gasteiger partial charge in [0.15, 0.2) is 0 Å². The number of hydrogen-bond donors (Lipinski definition) is 1. The highest BCUT2D eigenvalue weighted by molar-refractivity contribution is 9.10. The van der Waals surface area contributed by atoms with Crippen LogP contribution in [0.15, 0.2) is 16.9 Å². The molecule has 0 spiro atoms. The third-order valence-corrected chi connectivity index (χ3v) is 3.16. The molecule has 1 N–H and O–H groups in total. The van der Waals surface area contributed by atoms with Crippen molar-refractivity contribution in [1.29, 1.82) is 0 Å². The number of nitrogens with zero attached hydrogens (tertiary/aromatic N) is 2. The Morgan fingerprint density at radius 1 is 1.69 bits per heavy atom. The lowest BCUT2D eigenvalue weighted by molar-refractivity contribution is 0.166. The Balaban J connectivity index is 2.01. The van der Waals surface area contributed by atoms with E-state index in [1.54, 1.807) is 0 Å². The molecule has 0 saturated heterocycles. The molecule has 0 bridgehead atoms. The van der Waals surface area contributed by atoms with Gasteiger partial charge in [0.05, 0.1) is 16.7 Å². The highest BCUT2D eigenvalue weighted by Gasteiger charge is 2.31. The molecule has 2 atom stereocenters. The summed E-state index contributed by atoms with van der Waals surface area (Å²) in [5.41, 5.74) is 0. The van der Waals surface area contributed by atoms with Crippen molar-refractivity contribution in [2.45, 2.75) is 18.9 Å². The molecule has 3 nitrogen and oxygen atoms in total. The Labute approximate surface area is 86.6 Å². The zero-order valence-corrected chi connectivity index (χ0v) is 9.29. The van der Waals surface area contributed by atoms with Crippen LogP contribution in [0.1, 0.15) is 18.9 Å². The second-order valence-electron chi connectivity index (χ2n) is 3.60. The molecule has 1 fully saturated rings. The van der Waals surface area contributed by atoms with Crippen molar-refractivity contribution >= 4 is 15.9 Å². The molecule has 1 aliphatic carbocycles. The smallest absolute Gasteiger partial charge is 0.0632 e. The molecule has 1 saturated carbocycles. The van der Waals surface area contributed by atoms with Crippen molar-refractivity contribution in [2.75, 3.05) is 13.6 Å². The van der Waals surface area contributed by atoms with E-state index in [0.29, 0.717) is 6.04 Å². The van der Waals surface area contributed by atoms with Gasteiger partial charge in [0.1, 0.15) is 0 Å². The average molecular weight is 244 g/mol. The lowest BCUT2D eigenvalue weighted by Crippen LogP contribution is -2.35. The molecule has 1 aromatic heterocycles. The fourth-order valence-corrected chi connectivity index (χ4v) is 2.20. The summed E-state index contributed by atoms with van der Waals surface area (Å²) < 4.78 is 3.15. The molecule has 1 aliphatic rings. The van der Waals surface area contributed by atoms with E-state index in [2.05, 4.69) is 37.2 Å². The van der Waals surface area contributed by atoms with Gasteiger partial charge < -0.3 is 5.32 Å². The first kappa shape index (κ1) is 9.21. The molecule has 1 aromatic rings. The van der Waals surface area contributed by atoms with Gasteiger partial charge in [-0.2, -0.15) is 5.10 Å². The molecule has 72 valence electrons. The second-order valence-corrected chi connectivity index (χ2v) is 4.52. The highest BCUT2D eigenvalue weighted by Crippen LogP contribution is 2.37. The van der Waals surface area contributed by atoms with Crippen molar-refractivity contribution in [3.63, 3.8) is 0 Å². The zero-order chi connectivity index (χ0) is 9.26. The maximum atomic E-state index is 4.31. The van der Waals surface area contributed by atoms with E-state index in [-0.39, 0.29) is 0 Å². The van der Waals surface area contributed by atoms with Crippen LogP contribution in [-0.4, -0.2) is 23.4 Å².